The third-order valence-electron chi connectivity index (χ3n) is 9.57. The maximum atomic E-state index is 14.5. The number of aromatic amines is 1. The molecule has 4 amide bonds. The molecule has 0 spiro atoms. The Morgan fingerprint density at radius 3 is 2.35 bits per heavy atom. The number of primary amides is 1. The number of imidazole rings is 1. The van der Waals surface area contributed by atoms with Crippen LogP contribution in [-0.4, -0.2) is 86.7 Å². The minimum atomic E-state index is -1.20. The fraction of sp³-hybridized carbons (Fsp3) is 0.658. The van der Waals surface area contributed by atoms with Crippen LogP contribution in [0.3, 0.4) is 0 Å². The predicted molar refractivity (Wildman–Crippen MR) is 196 cm³/mol. The summed E-state index contributed by atoms with van der Waals surface area (Å²) in [5.41, 5.74) is 11.8. The van der Waals surface area contributed by atoms with Crippen LogP contribution in [0.4, 0.5) is 4.79 Å². The number of nitrogens with two attached hydrogens (primary N) is 2. The fourth-order valence-electron chi connectivity index (χ4n) is 6.82. The summed E-state index contributed by atoms with van der Waals surface area (Å²) in [4.78, 5) is 63.3. The van der Waals surface area contributed by atoms with Crippen LogP contribution in [0, 0.1) is 11.8 Å². The molecule has 0 unspecified atom stereocenters. The first-order valence-corrected chi connectivity index (χ1v) is 18.6. The highest BCUT2D eigenvalue weighted by Gasteiger charge is 2.43. The van der Waals surface area contributed by atoms with E-state index < -0.39 is 53.7 Å². The highest BCUT2D eigenvalue weighted by Crippen LogP contribution is 2.33. The predicted octanol–water partition coefficient (Wildman–Crippen LogP) is 3.74. The summed E-state index contributed by atoms with van der Waals surface area (Å²) in [6, 6.07) is 6.10. The highest BCUT2D eigenvalue weighted by atomic mass is 16.6. The van der Waals surface area contributed by atoms with Gasteiger partial charge in [0.1, 0.15) is 17.7 Å². The second kappa shape index (κ2) is 20.8. The van der Waals surface area contributed by atoms with Gasteiger partial charge in [-0.15, -0.1) is 0 Å². The van der Waals surface area contributed by atoms with E-state index >= 15 is 0 Å². The van der Waals surface area contributed by atoms with Crippen molar-refractivity contribution >= 4 is 23.8 Å². The van der Waals surface area contributed by atoms with Crippen LogP contribution >= 0.6 is 0 Å². The summed E-state index contributed by atoms with van der Waals surface area (Å²) in [5.74, 6) is -1.87. The standard InChI is InChI=1S/C38H61N7O6/c1-5-28(35(48)42-19-13-12-18-39)22-33(46)31(20-26-14-8-6-9-15-26)45(37(50)51-38(2,3)4)32(21-27-16-10-7-11-17-27)36(49)44-30(34(40)47)23-29-24-41-25-43-29/h7,10-11,16-17,24-26,28,30-33,46H,5-6,8-9,12-15,18-23,39H2,1-4H3,(H2,40,47)(H,41,43)(H,42,48)(H,44,49)/t28-,30+,31+,32+,33+/m1/s1. The zero-order chi connectivity index (χ0) is 37.4. The monoisotopic (exact) mass is 711 g/mol. The molecule has 0 bridgehead atoms. The first-order chi connectivity index (χ1) is 24.3. The molecule has 1 aliphatic carbocycles. The number of nitrogens with zero attached hydrogens (tertiary/aromatic N) is 2. The van der Waals surface area contributed by atoms with Crippen molar-refractivity contribution < 1.29 is 29.0 Å². The number of H-pyrrole nitrogens is 1. The Morgan fingerprint density at radius 1 is 1.06 bits per heavy atom. The number of carbonyl (C=O) groups is 4. The van der Waals surface area contributed by atoms with Crippen molar-refractivity contribution in [3.63, 3.8) is 0 Å². The van der Waals surface area contributed by atoms with E-state index in [2.05, 4.69) is 20.6 Å². The lowest BCUT2D eigenvalue weighted by molar-refractivity contribution is -0.133. The molecule has 13 nitrogen and oxygen atoms in total. The number of benzene rings is 1. The Bertz CT molecular complexity index is 1340. The molecule has 0 aliphatic heterocycles. The van der Waals surface area contributed by atoms with Gasteiger partial charge in [0.05, 0.1) is 18.5 Å². The lowest BCUT2D eigenvalue weighted by Gasteiger charge is -2.42. The maximum absolute atomic E-state index is 14.5. The van der Waals surface area contributed by atoms with E-state index in [0.717, 1.165) is 50.5 Å². The van der Waals surface area contributed by atoms with Gasteiger partial charge in [-0.05, 0) is 70.9 Å². The Morgan fingerprint density at radius 2 is 1.76 bits per heavy atom. The quantitative estimate of drug-likeness (QED) is 0.111. The number of carbonyl (C=O) groups excluding carboxylic acids is 4. The van der Waals surface area contributed by atoms with Gasteiger partial charge in [0.2, 0.25) is 17.7 Å². The van der Waals surface area contributed by atoms with Gasteiger partial charge in [-0.2, -0.15) is 0 Å². The molecule has 51 heavy (non-hydrogen) atoms. The molecule has 1 saturated carbocycles. The number of hydrogen-bond donors (Lipinski definition) is 6. The molecule has 0 saturated heterocycles. The SMILES string of the molecule is CC[C@H](C[C@H](O)[C@H](CC1CCCCC1)N(C(=O)OC(C)(C)C)[C@@H](Cc1ccccc1)C(=O)N[C@@H](Cc1cnc[nH]1)C(N)=O)C(=O)NCCCCN. The van der Waals surface area contributed by atoms with Gasteiger partial charge < -0.3 is 36.9 Å². The number of amides is 4. The van der Waals surface area contributed by atoms with E-state index in [4.69, 9.17) is 16.2 Å². The molecule has 1 heterocycles. The lowest BCUT2D eigenvalue weighted by Crippen LogP contribution is -2.61. The van der Waals surface area contributed by atoms with Gasteiger partial charge in [0.15, 0.2) is 0 Å². The van der Waals surface area contributed by atoms with E-state index in [9.17, 15) is 24.3 Å². The Kier molecular flexibility index (Phi) is 16.9. The Labute approximate surface area is 303 Å². The summed E-state index contributed by atoms with van der Waals surface area (Å²) in [5, 5.41) is 18.0. The van der Waals surface area contributed by atoms with Crippen LogP contribution in [-0.2, 0) is 32.0 Å². The first kappa shape index (κ1) is 41.5. The lowest BCUT2D eigenvalue weighted by atomic mass is 9.81. The van der Waals surface area contributed by atoms with Crippen LogP contribution in [0.15, 0.2) is 42.9 Å². The van der Waals surface area contributed by atoms with E-state index in [0.29, 0.717) is 31.6 Å². The number of rotatable bonds is 20. The number of hydrogen-bond acceptors (Lipinski definition) is 8. The van der Waals surface area contributed by atoms with Gasteiger partial charge in [0, 0.05) is 37.2 Å². The van der Waals surface area contributed by atoms with Crippen LogP contribution in [0.25, 0.3) is 0 Å². The van der Waals surface area contributed by atoms with Crippen LogP contribution < -0.4 is 22.1 Å². The second-order valence-electron chi connectivity index (χ2n) is 14.8. The summed E-state index contributed by atoms with van der Waals surface area (Å²) in [6.07, 6.45) is 8.78. The summed E-state index contributed by atoms with van der Waals surface area (Å²) in [7, 11) is 0. The molecule has 1 aliphatic rings. The number of aromatic nitrogens is 2. The maximum Gasteiger partial charge on any atom is 0.411 e. The van der Waals surface area contributed by atoms with Crippen LogP contribution in [0.5, 0.6) is 0 Å². The number of nitrogens with one attached hydrogen (secondary N) is 3. The van der Waals surface area contributed by atoms with Gasteiger partial charge in [-0.3, -0.25) is 19.3 Å². The van der Waals surface area contributed by atoms with Crippen LogP contribution in [0.2, 0.25) is 0 Å². The zero-order valence-electron chi connectivity index (χ0n) is 30.9. The zero-order valence-corrected chi connectivity index (χ0v) is 30.9. The van der Waals surface area contributed by atoms with Crippen molar-refractivity contribution in [3.8, 4) is 0 Å². The van der Waals surface area contributed by atoms with Crippen molar-refractivity contribution in [2.75, 3.05) is 13.1 Å². The number of aliphatic hydroxyl groups is 1. The molecule has 1 aromatic heterocycles. The minimum absolute atomic E-state index is 0.0677. The largest absolute Gasteiger partial charge is 0.444 e. The van der Waals surface area contributed by atoms with E-state index in [-0.39, 0.29) is 31.1 Å². The van der Waals surface area contributed by atoms with Gasteiger partial charge in [-0.25, -0.2) is 9.78 Å². The second-order valence-corrected chi connectivity index (χ2v) is 14.8. The van der Waals surface area contributed by atoms with E-state index in [1.165, 1.54) is 11.2 Å². The molecular weight excluding hydrogens is 650 g/mol. The van der Waals surface area contributed by atoms with Crippen LogP contribution in [0.1, 0.15) is 103 Å². The van der Waals surface area contributed by atoms with E-state index in [1.807, 2.05) is 37.3 Å². The summed E-state index contributed by atoms with van der Waals surface area (Å²) >= 11 is 0. The number of aliphatic hydroxyl groups excluding tert-OH is 1. The molecule has 1 aromatic carbocycles. The third-order valence-corrected chi connectivity index (χ3v) is 9.57. The Hall–Kier alpha value is -3.97. The molecule has 3 rings (SSSR count). The van der Waals surface area contributed by atoms with E-state index in [1.54, 1.807) is 27.0 Å². The van der Waals surface area contributed by atoms with Crippen molar-refractivity contribution in [2.24, 2.45) is 23.3 Å². The Balaban J connectivity index is 2.08. The molecule has 8 N–H and O–H groups in total. The minimum Gasteiger partial charge on any atom is -0.444 e. The van der Waals surface area contributed by atoms with Crippen molar-refractivity contribution in [3.05, 3.63) is 54.1 Å². The topological polar surface area (TPSA) is 206 Å². The van der Waals surface area contributed by atoms with Gasteiger partial charge in [-0.1, -0.05) is 69.4 Å². The van der Waals surface area contributed by atoms with Crippen molar-refractivity contribution in [1.82, 2.24) is 25.5 Å². The summed E-state index contributed by atoms with van der Waals surface area (Å²) in [6.45, 7) is 8.16. The molecule has 5 atom stereocenters. The fourth-order valence-corrected chi connectivity index (χ4v) is 6.82. The normalized spacial score (nSPS) is 16.7. The average Bonchev–Trinajstić information content (AvgIpc) is 3.61. The molecule has 1 fully saturated rings. The average molecular weight is 712 g/mol. The molecule has 2 aromatic rings. The van der Waals surface area contributed by atoms with Crippen molar-refractivity contribution in [1.29, 1.82) is 0 Å². The molecule has 284 valence electrons. The molecule has 13 heteroatoms. The molecule has 0 radical (unpaired) electrons. The number of ether oxygens (including phenoxy) is 1. The third kappa shape index (κ3) is 13.9. The molecular formula is C38H61N7O6. The first-order valence-electron chi connectivity index (χ1n) is 18.6. The van der Waals surface area contributed by atoms with Gasteiger partial charge in [0.25, 0.3) is 0 Å². The van der Waals surface area contributed by atoms with Gasteiger partial charge >= 0.3 is 6.09 Å². The summed E-state index contributed by atoms with van der Waals surface area (Å²) < 4.78 is 5.98. The number of unbranched alkanes of at least 4 members (excludes halogenated alkanes) is 1. The highest BCUT2D eigenvalue weighted by molar-refractivity contribution is 5.91. The van der Waals surface area contributed by atoms with Crippen molar-refractivity contribution in [2.45, 2.75) is 135 Å². The smallest absolute Gasteiger partial charge is 0.411 e.